The molecule has 1 N–H and O–H groups in total. The molecule has 1 aromatic carbocycles. The molecule has 0 amide bonds. The summed E-state index contributed by atoms with van der Waals surface area (Å²) in [6.45, 7) is 16.1. The lowest BCUT2D eigenvalue weighted by atomic mass is 9.85. The van der Waals surface area contributed by atoms with Gasteiger partial charge in [0.15, 0.2) is 0 Å². The van der Waals surface area contributed by atoms with E-state index in [0.717, 1.165) is 13.1 Å². The van der Waals surface area contributed by atoms with Crippen molar-refractivity contribution in [1.82, 2.24) is 10.2 Å². The minimum Gasteiger partial charge on any atom is -0.314 e. The zero-order valence-corrected chi connectivity index (χ0v) is 13.8. The summed E-state index contributed by atoms with van der Waals surface area (Å²) in [5, 5.41) is 3.47. The lowest BCUT2D eigenvalue weighted by molar-refractivity contribution is 0.127. The number of rotatable bonds is 4. The van der Waals surface area contributed by atoms with Crippen LogP contribution in [-0.2, 0) is 0 Å². The van der Waals surface area contributed by atoms with Gasteiger partial charge in [0.05, 0.1) is 0 Å². The SMILES string of the molecule is CCC(C)[C@@H](c1c(C)cc(C)cc1C)N1CCNCC1. The Labute approximate surface area is 124 Å². The summed E-state index contributed by atoms with van der Waals surface area (Å²) < 4.78 is 0. The molecular weight excluding hydrogens is 244 g/mol. The highest BCUT2D eigenvalue weighted by Crippen LogP contribution is 2.35. The van der Waals surface area contributed by atoms with Gasteiger partial charge in [-0.3, -0.25) is 4.90 Å². The summed E-state index contributed by atoms with van der Waals surface area (Å²) >= 11 is 0. The van der Waals surface area contributed by atoms with E-state index in [-0.39, 0.29) is 0 Å². The fraction of sp³-hybridized carbons (Fsp3) is 0.667. The molecule has 2 nitrogen and oxygen atoms in total. The molecular formula is C18H30N2. The molecule has 0 spiro atoms. The molecule has 0 saturated carbocycles. The number of piperazine rings is 1. The van der Waals surface area contributed by atoms with Crippen molar-refractivity contribution in [2.45, 2.75) is 47.1 Å². The van der Waals surface area contributed by atoms with Crippen LogP contribution in [0.5, 0.6) is 0 Å². The molecule has 20 heavy (non-hydrogen) atoms. The molecule has 112 valence electrons. The highest BCUT2D eigenvalue weighted by atomic mass is 15.2. The molecule has 0 aliphatic carbocycles. The number of nitrogens with zero attached hydrogens (tertiary/aromatic N) is 1. The van der Waals surface area contributed by atoms with Gasteiger partial charge in [-0.05, 0) is 43.4 Å². The van der Waals surface area contributed by atoms with E-state index in [2.05, 4.69) is 57.0 Å². The van der Waals surface area contributed by atoms with Crippen molar-refractivity contribution in [2.75, 3.05) is 26.2 Å². The molecule has 1 aliphatic rings. The van der Waals surface area contributed by atoms with Crippen molar-refractivity contribution in [3.05, 3.63) is 34.4 Å². The second-order valence-corrected chi connectivity index (χ2v) is 6.43. The van der Waals surface area contributed by atoms with Gasteiger partial charge in [0, 0.05) is 32.2 Å². The van der Waals surface area contributed by atoms with E-state index in [1.807, 2.05) is 0 Å². The van der Waals surface area contributed by atoms with E-state index >= 15 is 0 Å². The quantitative estimate of drug-likeness (QED) is 0.902. The van der Waals surface area contributed by atoms with Crippen LogP contribution in [0.3, 0.4) is 0 Å². The Bertz CT molecular complexity index is 424. The lowest BCUT2D eigenvalue weighted by Crippen LogP contribution is -2.47. The van der Waals surface area contributed by atoms with Gasteiger partial charge in [-0.15, -0.1) is 0 Å². The average molecular weight is 274 g/mol. The van der Waals surface area contributed by atoms with Gasteiger partial charge in [0.1, 0.15) is 0 Å². The Morgan fingerprint density at radius 1 is 1.10 bits per heavy atom. The molecule has 0 aromatic heterocycles. The number of hydrogen-bond acceptors (Lipinski definition) is 2. The number of benzene rings is 1. The number of aryl methyl sites for hydroxylation is 3. The zero-order valence-electron chi connectivity index (χ0n) is 13.8. The molecule has 2 atom stereocenters. The predicted molar refractivity (Wildman–Crippen MR) is 87.3 cm³/mol. The summed E-state index contributed by atoms with van der Waals surface area (Å²) in [7, 11) is 0. The van der Waals surface area contributed by atoms with E-state index in [1.165, 1.54) is 36.2 Å². The third-order valence-corrected chi connectivity index (χ3v) is 4.76. The van der Waals surface area contributed by atoms with Gasteiger partial charge in [0.25, 0.3) is 0 Å². The molecule has 1 aromatic rings. The molecule has 1 heterocycles. The van der Waals surface area contributed by atoms with Crippen LogP contribution in [0.2, 0.25) is 0 Å². The summed E-state index contributed by atoms with van der Waals surface area (Å²) in [5.41, 5.74) is 5.89. The summed E-state index contributed by atoms with van der Waals surface area (Å²) in [4.78, 5) is 2.69. The van der Waals surface area contributed by atoms with Crippen molar-refractivity contribution >= 4 is 0 Å². The van der Waals surface area contributed by atoms with Gasteiger partial charge in [-0.1, -0.05) is 38.0 Å². The molecule has 2 heteroatoms. The first-order chi connectivity index (χ1) is 9.54. The minimum atomic E-state index is 0.572. The van der Waals surface area contributed by atoms with Crippen LogP contribution in [-0.4, -0.2) is 31.1 Å². The topological polar surface area (TPSA) is 15.3 Å². The molecule has 1 unspecified atom stereocenters. The number of hydrogen-bond donors (Lipinski definition) is 1. The first kappa shape index (κ1) is 15.5. The van der Waals surface area contributed by atoms with Crippen molar-refractivity contribution in [3.63, 3.8) is 0 Å². The third kappa shape index (κ3) is 3.24. The fourth-order valence-electron chi connectivity index (χ4n) is 3.67. The van der Waals surface area contributed by atoms with E-state index in [4.69, 9.17) is 0 Å². The molecule has 2 rings (SSSR count). The van der Waals surface area contributed by atoms with Crippen LogP contribution in [0, 0.1) is 26.7 Å². The van der Waals surface area contributed by atoms with Crippen LogP contribution < -0.4 is 5.32 Å². The monoisotopic (exact) mass is 274 g/mol. The highest BCUT2D eigenvalue weighted by molar-refractivity contribution is 5.40. The van der Waals surface area contributed by atoms with Crippen LogP contribution in [0.15, 0.2) is 12.1 Å². The smallest absolute Gasteiger partial charge is 0.0379 e. The molecule has 0 bridgehead atoms. The van der Waals surface area contributed by atoms with Gasteiger partial charge < -0.3 is 5.32 Å². The third-order valence-electron chi connectivity index (χ3n) is 4.76. The Morgan fingerprint density at radius 2 is 1.65 bits per heavy atom. The van der Waals surface area contributed by atoms with E-state index in [0.29, 0.717) is 12.0 Å². The van der Waals surface area contributed by atoms with Crippen LogP contribution in [0.25, 0.3) is 0 Å². The van der Waals surface area contributed by atoms with Crippen molar-refractivity contribution in [2.24, 2.45) is 5.92 Å². The fourth-order valence-corrected chi connectivity index (χ4v) is 3.67. The largest absolute Gasteiger partial charge is 0.314 e. The minimum absolute atomic E-state index is 0.572. The maximum Gasteiger partial charge on any atom is 0.0379 e. The van der Waals surface area contributed by atoms with E-state index in [9.17, 15) is 0 Å². The second kappa shape index (κ2) is 6.73. The van der Waals surface area contributed by atoms with Gasteiger partial charge in [-0.25, -0.2) is 0 Å². The maximum absolute atomic E-state index is 3.47. The van der Waals surface area contributed by atoms with Gasteiger partial charge in [0.2, 0.25) is 0 Å². The van der Waals surface area contributed by atoms with Gasteiger partial charge >= 0.3 is 0 Å². The van der Waals surface area contributed by atoms with Crippen LogP contribution >= 0.6 is 0 Å². The Balaban J connectivity index is 2.40. The average Bonchev–Trinajstić information content (AvgIpc) is 2.42. The van der Waals surface area contributed by atoms with E-state index in [1.54, 1.807) is 5.56 Å². The molecule has 1 fully saturated rings. The standard InChI is InChI=1S/C18H30N2/c1-6-14(3)18(20-9-7-19-8-10-20)17-15(4)11-13(2)12-16(17)5/h11-12,14,18-19H,6-10H2,1-5H3/t14?,18-/m0/s1. The first-order valence-corrected chi connectivity index (χ1v) is 8.07. The molecule has 1 aliphatic heterocycles. The molecule has 1 saturated heterocycles. The Kier molecular flexibility index (Phi) is 5.22. The predicted octanol–water partition coefficient (Wildman–Crippen LogP) is 3.60. The molecule has 0 radical (unpaired) electrons. The maximum atomic E-state index is 3.47. The Hall–Kier alpha value is -0.860. The first-order valence-electron chi connectivity index (χ1n) is 8.07. The normalized spacial score (nSPS) is 19.9. The van der Waals surface area contributed by atoms with Crippen molar-refractivity contribution in [3.8, 4) is 0 Å². The zero-order chi connectivity index (χ0) is 14.7. The second-order valence-electron chi connectivity index (χ2n) is 6.43. The van der Waals surface area contributed by atoms with Crippen molar-refractivity contribution < 1.29 is 0 Å². The Morgan fingerprint density at radius 3 is 2.15 bits per heavy atom. The summed E-state index contributed by atoms with van der Waals surface area (Å²) in [6.07, 6.45) is 1.24. The lowest BCUT2D eigenvalue weighted by Gasteiger charge is -2.40. The summed E-state index contributed by atoms with van der Waals surface area (Å²) in [6, 6.07) is 5.27. The highest BCUT2D eigenvalue weighted by Gasteiger charge is 2.28. The van der Waals surface area contributed by atoms with Crippen LogP contribution in [0.4, 0.5) is 0 Å². The van der Waals surface area contributed by atoms with Crippen molar-refractivity contribution in [1.29, 1.82) is 0 Å². The van der Waals surface area contributed by atoms with E-state index < -0.39 is 0 Å². The number of nitrogens with one attached hydrogen (secondary N) is 1. The van der Waals surface area contributed by atoms with Crippen LogP contribution in [0.1, 0.15) is 48.6 Å². The van der Waals surface area contributed by atoms with Gasteiger partial charge in [-0.2, -0.15) is 0 Å². The summed E-state index contributed by atoms with van der Waals surface area (Å²) in [5.74, 6) is 0.702.